The molecule has 1 N–H and O–H groups in total. The van der Waals surface area contributed by atoms with Crippen molar-refractivity contribution < 1.29 is 28.2 Å². The Morgan fingerprint density at radius 2 is 1.73 bits per heavy atom. The highest BCUT2D eigenvalue weighted by atomic mass is 16.5. The van der Waals surface area contributed by atoms with E-state index in [2.05, 4.69) is 20.7 Å². The van der Waals surface area contributed by atoms with E-state index in [0.29, 0.717) is 40.2 Å². The Labute approximate surface area is 256 Å². The van der Waals surface area contributed by atoms with Crippen LogP contribution in [0.25, 0.3) is 11.4 Å². The Hall–Kier alpha value is -4.87. The number of amides is 2. The van der Waals surface area contributed by atoms with Crippen molar-refractivity contribution in [3.8, 4) is 28.6 Å². The molecule has 2 aromatic heterocycles. The van der Waals surface area contributed by atoms with E-state index in [4.69, 9.17) is 18.6 Å². The first-order valence-corrected chi connectivity index (χ1v) is 14.7. The van der Waals surface area contributed by atoms with Crippen LogP contribution in [0.1, 0.15) is 55.2 Å². The average Bonchev–Trinajstić information content (AvgIpc) is 3.70. The van der Waals surface area contributed by atoms with Crippen LogP contribution in [-0.2, 0) is 22.7 Å². The molecule has 0 radical (unpaired) electrons. The Balaban J connectivity index is 1.45. The first-order chi connectivity index (χ1) is 21.4. The molecular weight excluding hydrogens is 564 g/mol. The van der Waals surface area contributed by atoms with E-state index in [1.807, 2.05) is 31.2 Å². The highest BCUT2D eigenvalue weighted by Gasteiger charge is 2.35. The summed E-state index contributed by atoms with van der Waals surface area (Å²) >= 11 is 0. The third-order valence-electron chi connectivity index (χ3n) is 7.75. The number of hydrogen-bond donors (Lipinski definition) is 1. The van der Waals surface area contributed by atoms with E-state index in [9.17, 15) is 9.59 Å². The molecule has 0 spiro atoms. The van der Waals surface area contributed by atoms with Gasteiger partial charge in [0.1, 0.15) is 23.8 Å². The minimum atomic E-state index is -1.01. The normalized spacial score (nSPS) is 14.1. The molecular formula is C32H38N6O6. The number of ether oxygens (including phenoxy) is 3. The molecule has 0 bridgehead atoms. The lowest BCUT2D eigenvalue weighted by molar-refractivity contribution is -0.143. The topological polar surface area (TPSA) is 134 Å². The molecule has 5 rings (SSSR count). The summed E-state index contributed by atoms with van der Waals surface area (Å²) in [6.45, 7) is 1.70. The highest BCUT2D eigenvalue weighted by Crippen LogP contribution is 2.31. The second kappa shape index (κ2) is 14.1. The van der Waals surface area contributed by atoms with Crippen molar-refractivity contribution in [3.05, 3.63) is 71.7 Å². The molecule has 1 atom stereocenters. The fraction of sp³-hybridized carbons (Fsp3) is 0.406. The van der Waals surface area contributed by atoms with Crippen molar-refractivity contribution in [1.82, 2.24) is 30.4 Å². The number of furan rings is 1. The maximum atomic E-state index is 14.1. The molecule has 12 nitrogen and oxygen atoms in total. The molecule has 1 aliphatic carbocycles. The van der Waals surface area contributed by atoms with Crippen molar-refractivity contribution in [1.29, 1.82) is 0 Å². The summed E-state index contributed by atoms with van der Waals surface area (Å²) in [5.41, 5.74) is 1.46. The number of aryl methyl sites for hydroxylation is 1. The van der Waals surface area contributed by atoms with Gasteiger partial charge in [-0.1, -0.05) is 31.4 Å². The van der Waals surface area contributed by atoms with Crippen molar-refractivity contribution in [2.24, 2.45) is 0 Å². The molecule has 4 aromatic rings. The van der Waals surface area contributed by atoms with Gasteiger partial charge >= 0.3 is 0 Å². The highest BCUT2D eigenvalue weighted by molar-refractivity contribution is 5.88. The summed E-state index contributed by atoms with van der Waals surface area (Å²) in [6, 6.07) is 15.2. The van der Waals surface area contributed by atoms with Gasteiger partial charge in [0.15, 0.2) is 17.5 Å². The van der Waals surface area contributed by atoms with E-state index in [1.165, 1.54) is 9.70 Å². The number of nitrogens with zero attached hydrogens (tertiary/aromatic N) is 5. The first-order valence-electron chi connectivity index (χ1n) is 14.7. The van der Waals surface area contributed by atoms with Gasteiger partial charge in [-0.05, 0) is 73.0 Å². The molecule has 12 heteroatoms. The smallest absolute Gasteiger partial charge is 0.250 e. The largest absolute Gasteiger partial charge is 0.497 e. The molecule has 2 aromatic carbocycles. The van der Waals surface area contributed by atoms with Crippen molar-refractivity contribution in [3.63, 3.8) is 0 Å². The third-order valence-corrected chi connectivity index (χ3v) is 7.75. The van der Waals surface area contributed by atoms with Crippen LogP contribution in [0.15, 0.2) is 59.0 Å². The number of aromatic nitrogens is 4. The number of benzene rings is 2. The molecule has 1 saturated carbocycles. The quantitative estimate of drug-likeness (QED) is 0.249. The van der Waals surface area contributed by atoms with Crippen LogP contribution in [0.2, 0.25) is 0 Å². The average molecular weight is 603 g/mol. The lowest BCUT2D eigenvalue weighted by atomic mass is 9.95. The molecule has 1 fully saturated rings. The molecule has 0 saturated heterocycles. The second-order valence-electron chi connectivity index (χ2n) is 10.8. The van der Waals surface area contributed by atoms with Crippen LogP contribution < -0.4 is 19.5 Å². The lowest BCUT2D eigenvalue weighted by Crippen LogP contribution is -2.47. The van der Waals surface area contributed by atoms with Crippen molar-refractivity contribution >= 4 is 11.8 Å². The van der Waals surface area contributed by atoms with E-state index in [-0.39, 0.29) is 30.9 Å². The van der Waals surface area contributed by atoms with Gasteiger partial charge in [-0.3, -0.25) is 9.59 Å². The van der Waals surface area contributed by atoms with Crippen LogP contribution in [0, 0.1) is 6.92 Å². The molecule has 1 aliphatic rings. The minimum Gasteiger partial charge on any atom is -0.497 e. The van der Waals surface area contributed by atoms with E-state index in [1.54, 1.807) is 51.7 Å². The standard InChI is InChI=1S/C32H38N6O6/c1-21-10-16-27(44-21)30(32(40)33-24-8-6-5-7-9-24)37(19-22-11-14-25(41-2)15-12-22)29(39)20-38-35-31(34-36-38)23-13-17-26(42-3)28(18-23)43-4/h10-18,24,30H,5-9,19-20H2,1-4H3,(H,33,40)/t30-/m0/s1. The van der Waals surface area contributed by atoms with Crippen LogP contribution >= 0.6 is 0 Å². The van der Waals surface area contributed by atoms with Gasteiger partial charge in [-0.25, -0.2) is 0 Å². The van der Waals surface area contributed by atoms with Crippen LogP contribution in [-0.4, -0.2) is 64.3 Å². The molecule has 0 unspecified atom stereocenters. The number of carbonyl (C=O) groups excluding carboxylic acids is 2. The van der Waals surface area contributed by atoms with Gasteiger partial charge in [0.2, 0.25) is 11.7 Å². The molecule has 2 heterocycles. The van der Waals surface area contributed by atoms with E-state index < -0.39 is 6.04 Å². The fourth-order valence-corrected chi connectivity index (χ4v) is 5.42. The Morgan fingerprint density at radius 3 is 2.39 bits per heavy atom. The predicted molar refractivity (Wildman–Crippen MR) is 161 cm³/mol. The lowest BCUT2D eigenvalue weighted by Gasteiger charge is -2.32. The molecule has 0 aliphatic heterocycles. The predicted octanol–water partition coefficient (Wildman–Crippen LogP) is 4.49. The minimum absolute atomic E-state index is 0.0498. The number of hydrogen-bond acceptors (Lipinski definition) is 9. The Morgan fingerprint density at radius 1 is 0.977 bits per heavy atom. The zero-order chi connectivity index (χ0) is 31.1. The number of rotatable bonds is 12. The number of carbonyl (C=O) groups is 2. The monoisotopic (exact) mass is 602 g/mol. The second-order valence-corrected chi connectivity index (χ2v) is 10.8. The Kier molecular flexibility index (Phi) is 9.78. The fourth-order valence-electron chi connectivity index (χ4n) is 5.42. The van der Waals surface area contributed by atoms with Gasteiger partial charge < -0.3 is 28.8 Å². The molecule has 232 valence electrons. The third kappa shape index (κ3) is 7.19. The number of tetrazole rings is 1. The maximum absolute atomic E-state index is 14.1. The van der Waals surface area contributed by atoms with Crippen LogP contribution in [0.5, 0.6) is 17.2 Å². The summed E-state index contributed by atoms with van der Waals surface area (Å²) < 4.78 is 22.0. The van der Waals surface area contributed by atoms with E-state index >= 15 is 0 Å². The summed E-state index contributed by atoms with van der Waals surface area (Å²) in [5.74, 6) is 2.45. The van der Waals surface area contributed by atoms with Gasteiger partial charge in [0, 0.05) is 18.2 Å². The van der Waals surface area contributed by atoms with Crippen LogP contribution in [0.4, 0.5) is 0 Å². The number of methoxy groups -OCH3 is 3. The summed E-state index contributed by atoms with van der Waals surface area (Å²) in [4.78, 5) is 30.8. The SMILES string of the molecule is COc1ccc(CN(C(=O)Cn2nnc(-c3ccc(OC)c(OC)c3)n2)[C@H](C(=O)NC2CCCCC2)c2ccc(C)o2)cc1. The van der Waals surface area contributed by atoms with Crippen molar-refractivity contribution in [2.75, 3.05) is 21.3 Å². The molecule has 2 amide bonds. The zero-order valence-electron chi connectivity index (χ0n) is 25.5. The Bertz CT molecular complexity index is 1560. The zero-order valence-corrected chi connectivity index (χ0v) is 25.5. The van der Waals surface area contributed by atoms with Crippen molar-refractivity contribution in [2.45, 2.75) is 64.2 Å². The molecule has 44 heavy (non-hydrogen) atoms. The van der Waals surface area contributed by atoms with E-state index in [0.717, 1.165) is 37.7 Å². The summed E-state index contributed by atoms with van der Waals surface area (Å²) in [7, 11) is 4.70. The van der Waals surface area contributed by atoms with Gasteiger partial charge in [0.05, 0.1) is 21.3 Å². The van der Waals surface area contributed by atoms with Crippen LogP contribution in [0.3, 0.4) is 0 Å². The summed E-state index contributed by atoms with van der Waals surface area (Å²) in [5, 5.41) is 15.9. The van der Waals surface area contributed by atoms with Gasteiger partial charge in [-0.15, -0.1) is 10.2 Å². The maximum Gasteiger partial charge on any atom is 0.250 e. The summed E-state index contributed by atoms with van der Waals surface area (Å²) in [6.07, 6.45) is 5.09. The first kappa shape index (κ1) is 30.6. The number of nitrogens with one attached hydrogen (secondary N) is 1. The van der Waals surface area contributed by atoms with Gasteiger partial charge in [0.25, 0.3) is 5.91 Å². The van der Waals surface area contributed by atoms with Gasteiger partial charge in [-0.2, -0.15) is 4.80 Å².